The average Bonchev–Trinajstić information content (AvgIpc) is 2.37. The van der Waals surface area contributed by atoms with Gasteiger partial charge in [0.2, 0.25) is 5.91 Å². The first kappa shape index (κ1) is 16.2. The van der Waals surface area contributed by atoms with Gasteiger partial charge in [0.15, 0.2) is 0 Å². The van der Waals surface area contributed by atoms with E-state index < -0.39 is 30.4 Å². The first-order valence-corrected chi connectivity index (χ1v) is 6.62. The number of aliphatic carboxylic acids is 1. The smallest absolute Gasteiger partial charge is 0.326 e. The highest BCUT2D eigenvalue weighted by molar-refractivity contribution is 5.87. The molecule has 1 aliphatic rings. The van der Waals surface area contributed by atoms with Gasteiger partial charge in [-0.25, -0.2) is 9.59 Å². The Morgan fingerprint density at radius 2 is 1.75 bits per heavy atom. The van der Waals surface area contributed by atoms with Crippen molar-refractivity contribution in [3.05, 3.63) is 0 Å². The second-order valence-corrected chi connectivity index (χ2v) is 5.13. The maximum atomic E-state index is 12.0. The summed E-state index contributed by atoms with van der Waals surface area (Å²) >= 11 is 0. The molecular formula is C12H22N4O4. The Morgan fingerprint density at radius 1 is 1.20 bits per heavy atom. The standard InChI is InChI=1S/C12H22N4O4/c1-8(2)15-3-5-16(6-4-15)12(20)14-9(11(18)19)7-10(13)17/h8-9H,3-7H2,1-2H3,(H2,13,17)(H,14,20)(H,18,19)/t9-/m1/s1. The lowest BCUT2D eigenvalue weighted by atomic mass is 10.2. The van der Waals surface area contributed by atoms with E-state index in [9.17, 15) is 14.4 Å². The Kier molecular flexibility index (Phi) is 5.75. The van der Waals surface area contributed by atoms with Crippen LogP contribution in [0.2, 0.25) is 0 Å². The van der Waals surface area contributed by atoms with Gasteiger partial charge in [-0.3, -0.25) is 9.69 Å². The van der Waals surface area contributed by atoms with Gasteiger partial charge < -0.3 is 21.1 Å². The van der Waals surface area contributed by atoms with E-state index in [4.69, 9.17) is 10.8 Å². The molecule has 114 valence electrons. The molecule has 3 amide bonds. The number of nitrogens with zero attached hydrogens (tertiary/aromatic N) is 2. The predicted molar refractivity (Wildman–Crippen MR) is 72.0 cm³/mol. The second-order valence-electron chi connectivity index (χ2n) is 5.13. The van der Waals surface area contributed by atoms with Gasteiger partial charge in [0.05, 0.1) is 6.42 Å². The van der Waals surface area contributed by atoms with Gasteiger partial charge in [0.25, 0.3) is 0 Å². The molecule has 1 aliphatic heterocycles. The van der Waals surface area contributed by atoms with Crippen LogP contribution >= 0.6 is 0 Å². The quantitative estimate of drug-likeness (QED) is 0.602. The van der Waals surface area contributed by atoms with Crippen LogP contribution < -0.4 is 11.1 Å². The highest BCUT2D eigenvalue weighted by Gasteiger charge is 2.27. The van der Waals surface area contributed by atoms with Crippen LogP contribution in [0.5, 0.6) is 0 Å². The number of rotatable bonds is 5. The van der Waals surface area contributed by atoms with Crippen LogP contribution in [0.4, 0.5) is 4.79 Å². The number of nitrogens with two attached hydrogens (primary N) is 1. The third-order valence-electron chi connectivity index (χ3n) is 3.33. The fourth-order valence-corrected chi connectivity index (χ4v) is 2.08. The number of piperazine rings is 1. The summed E-state index contributed by atoms with van der Waals surface area (Å²) in [7, 11) is 0. The number of urea groups is 1. The van der Waals surface area contributed by atoms with Crippen LogP contribution in [0.15, 0.2) is 0 Å². The lowest BCUT2D eigenvalue weighted by molar-refractivity contribution is -0.141. The normalized spacial score (nSPS) is 17.9. The van der Waals surface area contributed by atoms with Crippen LogP contribution in [0.3, 0.4) is 0 Å². The SMILES string of the molecule is CC(C)N1CCN(C(=O)N[C@H](CC(N)=O)C(=O)O)CC1. The van der Waals surface area contributed by atoms with Gasteiger partial charge in [-0.1, -0.05) is 0 Å². The Hall–Kier alpha value is -1.83. The Bertz CT molecular complexity index is 378. The van der Waals surface area contributed by atoms with Crippen molar-refractivity contribution in [2.24, 2.45) is 5.73 Å². The summed E-state index contributed by atoms with van der Waals surface area (Å²) in [6.45, 7) is 6.74. The topological polar surface area (TPSA) is 116 Å². The van der Waals surface area contributed by atoms with E-state index in [-0.39, 0.29) is 0 Å². The molecule has 20 heavy (non-hydrogen) atoms. The minimum Gasteiger partial charge on any atom is -0.480 e. The number of carboxylic acids is 1. The van der Waals surface area contributed by atoms with Crippen LogP contribution in [0.1, 0.15) is 20.3 Å². The van der Waals surface area contributed by atoms with E-state index in [1.807, 2.05) is 0 Å². The van der Waals surface area contributed by atoms with Crippen molar-refractivity contribution in [2.45, 2.75) is 32.4 Å². The summed E-state index contributed by atoms with van der Waals surface area (Å²) in [6.07, 6.45) is -0.410. The summed E-state index contributed by atoms with van der Waals surface area (Å²) in [4.78, 5) is 37.5. The van der Waals surface area contributed by atoms with Crippen LogP contribution in [-0.2, 0) is 9.59 Å². The van der Waals surface area contributed by atoms with Gasteiger partial charge >= 0.3 is 12.0 Å². The number of carbonyl (C=O) groups is 3. The highest BCUT2D eigenvalue weighted by atomic mass is 16.4. The summed E-state index contributed by atoms with van der Waals surface area (Å²) in [6, 6.07) is -1.33. The number of hydrogen-bond donors (Lipinski definition) is 3. The predicted octanol–water partition coefficient (Wildman–Crippen LogP) is -0.949. The number of carboxylic acid groups (broad SMARTS) is 1. The molecule has 0 bridgehead atoms. The van der Waals surface area contributed by atoms with E-state index in [0.717, 1.165) is 13.1 Å². The lowest BCUT2D eigenvalue weighted by Crippen LogP contribution is -2.56. The minimum absolute atomic E-state index is 0.410. The maximum absolute atomic E-state index is 12.0. The summed E-state index contributed by atoms with van der Waals surface area (Å²) < 4.78 is 0. The number of hydrogen-bond acceptors (Lipinski definition) is 4. The first-order valence-electron chi connectivity index (χ1n) is 6.62. The van der Waals surface area contributed by atoms with Gasteiger partial charge in [-0.15, -0.1) is 0 Å². The number of carbonyl (C=O) groups excluding carboxylic acids is 2. The minimum atomic E-state index is -1.27. The van der Waals surface area contributed by atoms with E-state index in [1.165, 1.54) is 0 Å². The molecule has 0 unspecified atom stereocenters. The largest absolute Gasteiger partial charge is 0.480 e. The molecule has 0 aromatic heterocycles. The lowest BCUT2D eigenvalue weighted by Gasteiger charge is -2.37. The zero-order chi connectivity index (χ0) is 15.3. The van der Waals surface area contributed by atoms with Gasteiger partial charge in [0.1, 0.15) is 6.04 Å². The molecule has 1 rings (SSSR count). The molecule has 0 radical (unpaired) electrons. The van der Waals surface area contributed by atoms with E-state index in [2.05, 4.69) is 24.1 Å². The molecule has 1 atom stereocenters. The van der Waals surface area contributed by atoms with Crippen molar-refractivity contribution in [3.8, 4) is 0 Å². The van der Waals surface area contributed by atoms with Crippen molar-refractivity contribution < 1.29 is 19.5 Å². The fourth-order valence-electron chi connectivity index (χ4n) is 2.08. The molecule has 1 fully saturated rings. The highest BCUT2D eigenvalue weighted by Crippen LogP contribution is 2.06. The summed E-state index contributed by atoms with van der Waals surface area (Å²) in [5.41, 5.74) is 4.96. The molecule has 1 saturated heterocycles. The number of nitrogens with one attached hydrogen (secondary N) is 1. The third kappa shape index (κ3) is 4.69. The van der Waals surface area contributed by atoms with Crippen LogP contribution in [-0.4, -0.2) is 71.1 Å². The molecule has 0 aliphatic carbocycles. The van der Waals surface area contributed by atoms with E-state index in [0.29, 0.717) is 19.1 Å². The fraction of sp³-hybridized carbons (Fsp3) is 0.750. The molecule has 0 aromatic rings. The van der Waals surface area contributed by atoms with Crippen molar-refractivity contribution in [3.63, 3.8) is 0 Å². The second kappa shape index (κ2) is 7.09. The van der Waals surface area contributed by atoms with Crippen molar-refractivity contribution in [1.82, 2.24) is 15.1 Å². The van der Waals surface area contributed by atoms with Crippen molar-refractivity contribution in [2.75, 3.05) is 26.2 Å². The first-order chi connectivity index (χ1) is 9.31. The molecule has 0 aromatic carbocycles. The summed E-state index contributed by atoms with van der Waals surface area (Å²) in [5, 5.41) is 11.3. The number of primary amides is 1. The van der Waals surface area contributed by atoms with Gasteiger partial charge in [-0.05, 0) is 13.8 Å². The Balaban J connectivity index is 2.50. The van der Waals surface area contributed by atoms with Crippen LogP contribution in [0.25, 0.3) is 0 Å². The maximum Gasteiger partial charge on any atom is 0.326 e. The third-order valence-corrected chi connectivity index (χ3v) is 3.33. The zero-order valence-corrected chi connectivity index (χ0v) is 11.8. The van der Waals surface area contributed by atoms with Crippen molar-refractivity contribution in [1.29, 1.82) is 0 Å². The molecule has 0 saturated carbocycles. The Morgan fingerprint density at radius 3 is 2.15 bits per heavy atom. The van der Waals surface area contributed by atoms with E-state index >= 15 is 0 Å². The molecule has 0 spiro atoms. The number of amides is 3. The molecule has 1 heterocycles. The zero-order valence-electron chi connectivity index (χ0n) is 11.8. The van der Waals surface area contributed by atoms with Gasteiger partial charge in [-0.2, -0.15) is 0 Å². The van der Waals surface area contributed by atoms with Crippen LogP contribution in [0, 0.1) is 0 Å². The molecule has 4 N–H and O–H groups in total. The summed E-state index contributed by atoms with van der Waals surface area (Å²) in [5.74, 6) is -2.03. The van der Waals surface area contributed by atoms with Crippen molar-refractivity contribution >= 4 is 17.9 Å². The Labute approximate surface area is 117 Å². The average molecular weight is 286 g/mol. The molecule has 8 nitrogen and oxygen atoms in total. The van der Waals surface area contributed by atoms with E-state index in [1.54, 1.807) is 4.90 Å². The monoisotopic (exact) mass is 286 g/mol. The molecule has 8 heteroatoms. The molecular weight excluding hydrogens is 264 g/mol. The van der Waals surface area contributed by atoms with Gasteiger partial charge in [0, 0.05) is 32.2 Å².